The molecule has 0 radical (unpaired) electrons. The van der Waals surface area contributed by atoms with E-state index in [1.807, 2.05) is 30.3 Å². The van der Waals surface area contributed by atoms with E-state index in [2.05, 4.69) is 0 Å². The third-order valence-corrected chi connectivity index (χ3v) is 0.985. The van der Waals surface area contributed by atoms with Crippen molar-refractivity contribution >= 4 is 34.8 Å². The Labute approximate surface area is 75.7 Å². The summed E-state index contributed by atoms with van der Waals surface area (Å²) >= 11 is 15.1. The molecule has 3 heteroatoms. The van der Waals surface area contributed by atoms with E-state index in [9.17, 15) is 0 Å². The number of hydrogen-bond donors (Lipinski definition) is 0. The highest BCUT2D eigenvalue weighted by Gasteiger charge is 1.74. The summed E-state index contributed by atoms with van der Waals surface area (Å²) in [6, 6.07) is 9.44. The van der Waals surface area contributed by atoms with Crippen molar-refractivity contribution in [1.29, 1.82) is 0 Å². The van der Waals surface area contributed by atoms with Crippen LogP contribution < -0.4 is 0 Å². The van der Waals surface area contributed by atoms with E-state index in [-0.39, 0.29) is 5.34 Å². The lowest BCUT2D eigenvalue weighted by Crippen LogP contribution is -1.55. The molecule has 0 atom stereocenters. The van der Waals surface area contributed by atoms with Crippen molar-refractivity contribution in [3.05, 3.63) is 35.4 Å². The van der Waals surface area contributed by atoms with Gasteiger partial charge in [0, 0.05) is 5.02 Å². The van der Waals surface area contributed by atoms with Crippen LogP contribution in [-0.2, 0) is 0 Å². The Morgan fingerprint density at radius 1 is 1.00 bits per heavy atom. The van der Waals surface area contributed by atoms with Gasteiger partial charge in [0.25, 0.3) is 0 Å². The second-order valence-electron chi connectivity index (χ2n) is 1.40. The first-order chi connectivity index (χ1) is 4.81. The van der Waals surface area contributed by atoms with E-state index in [4.69, 9.17) is 34.8 Å². The maximum Gasteiger partial charge on any atom is 0.0967 e. The quantitative estimate of drug-likeness (QED) is 0.556. The first-order valence-corrected chi connectivity index (χ1v) is 4.08. The third-order valence-electron chi connectivity index (χ3n) is 0.733. The van der Waals surface area contributed by atoms with Crippen LogP contribution in [0.15, 0.2) is 30.3 Å². The van der Waals surface area contributed by atoms with Gasteiger partial charge in [0.2, 0.25) is 0 Å². The van der Waals surface area contributed by atoms with Crippen LogP contribution in [0.2, 0.25) is 5.02 Å². The van der Waals surface area contributed by atoms with Crippen molar-refractivity contribution in [1.82, 2.24) is 0 Å². The monoisotopic (exact) mass is 196 g/mol. The molecule has 0 aliphatic rings. The van der Waals surface area contributed by atoms with Crippen LogP contribution in [0.5, 0.6) is 0 Å². The molecule has 0 saturated heterocycles. The zero-order valence-corrected chi connectivity index (χ0v) is 7.50. The summed E-state index contributed by atoms with van der Waals surface area (Å²) in [5.74, 6) is 0. The fraction of sp³-hybridized carbons (Fsp3) is 0.143. The highest BCUT2D eigenvalue weighted by Crippen LogP contribution is 2.03. The van der Waals surface area contributed by atoms with Crippen molar-refractivity contribution < 1.29 is 0 Å². The molecular weight excluding hydrogens is 190 g/mol. The van der Waals surface area contributed by atoms with Crippen LogP contribution in [-0.4, -0.2) is 5.34 Å². The van der Waals surface area contributed by atoms with Crippen LogP contribution in [0, 0.1) is 0 Å². The van der Waals surface area contributed by atoms with Crippen molar-refractivity contribution in [3.8, 4) is 0 Å². The molecule has 56 valence electrons. The molecule has 10 heavy (non-hydrogen) atoms. The Morgan fingerprint density at radius 3 is 1.60 bits per heavy atom. The van der Waals surface area contributed by atoms with E-state index in [0.717, 1.165) is 5.02 Å². The summed E-state index contributed by atoms with van der Waals surface area (Å²) in [6.45, 7) is 0. The van der Waals surface area contributed by atoms with Gasteiger partial charge in [-0.05, 0) is 12.1 Å². The van der Waals surface area contributed by atoms with Crippen LogP contribution in [0.4, 0.5) is 0 Å². The van der Waals surface area contributed by atoms with E-state index in [0.29, 0.717) is 0 Å². The standard InChI is InChI=1S/C6H5Cl.CH2Cl2/c7-6-4-2-1-3-5-6;2-1-3/h1-5H;1H2. The Kier molecular flexibility index (Phi) is 7.26. The maximum atomic E-state index is 5.54. The van der Waals surface area contributed by atoms with Crippen molar-refractivity contribution in [2.24, 2.45) is 0 Å². The summed E-state index contributed by atoms with van der Waals surface area (Å²) < 4.78 is 0. The maximum absolute atomic E-state index is 5.54. The van der Waals surface area contributed by atoms with E-state index in [1.54, 1.807) is 0 Å². The molecule has 1 aromatic carbocycles. The molecule has 1 rings (SSSR count). The molecule has 0 nitrogen and oxygen atoms in total. The largest absolute Gasteiger partial charge is 0.109 e. The molecule has 0 saturated carbocycles. The molecule has 0 aromatic heterocycles. The van der Waals surface area contributed by atoms with Gasteiger partial charge in [-0.15, -0.1) is 23.2 Å². The second kappa shape index (κ2) is 7.20. The summed E-state index contributed by atoms with van der Waals surface area (Å²) in [6.07, 6.45) is 0. The molecule has 0 spiro atoms. The van der Waals surface area contributed by atoms with Crippen LogP contribution >= 0.6 is 34.8 Å². The smallest absolute Gasteiger partial charge is 0.0967 e. The molecule has 0 bridgehead atoms. The SMILES string of the molecule is ClCCl.Clc1ccccc1. The second-order valence-corrected chi connectivity index (χ2v) is 2.64. The minimum atomic E-state index is 0.194. The summed E-state index contributed by atoms with van der Waals surface area (Å²) in [7, 11) is 0. The van der Waals surface area contributed by atoms with E-state index in [1.165, 1.54) is 0 Å². The lowest BCUT2D eigenvalue weighted by atomic mass is 10.4. The van der Waals surface area contributed by atoms with Crippen LogP contribution in [0.3, 0.4) is 0 Å². The highest BCUT2D eigenvalue weighted by atomic mass is 35.5. The van der Waals surface area contributed by atoms with E-state index < -0.39 is 0 Å². The van der Waals surface area contributed by atoms with Crippen LogP contribution in [0.25, 0.3) is 0 Å². The van der Waals surface area contributed by atoms with Gasteiger partial charge in [-0.2, -0.15) is 0 Å². The van der Waals surface area contributed by atoms with Gasteiger partial charge in [0.1, 0.15) is 0 Å². The molecule has 1 aromatic rings. The molecular formula is C7H7Cl3. The van der Waals surface area contributed by atoms with Gasteiger partial charge in [-0.1, -0.05) is 29.8 Å². The predicted molar refractivity (Wildman–Crippen MR) is 48.0 cm³/mol. The number of alkyl halides is 2. The number of benzene rings is 1. The molecule has 0 N–H and O–H groups in total. The number of halogens is 3. The van der Waals surface area contributed by atoms with Gasteiger partial charge < -0.3 is 0 Å². The molecule has 0 amide bonds. The predicted octanol–water partition coefficient (Wildman–Crippen LogP) is 3.76. The van der Waals surface area contributed by atoms with Crippen molar-refractivity contribution in [2.75, 3.05) is 5.34 Å². The normalized spacial score (nSPS) is 7.90. The first-order valence-electron chi connectivity index (χ1n) is 2.63. The van der Waals surface area contributed by atoms with Gasteiger partial charge in [-0.3, -0.25) is 0 Å². The zero-order chi connectivity index (χ0) is 7.82. The van der Waals surface area contributed by atoms with Gasteiger partial charge in [0.15, 0.2) is 0 Å². The Morgan fingerprint density at radius 2 is 1.40 bits per heavy atom. The Hall–Kier alpha value is 0.0900. The summed E-state index contributed by atoms with van der Waals surface area (Å²) in [5, 5.41) is 0.988. The highest BCUT2D eigenvalue weighted by molar-refractivity contribution is 6.40. The Bertz CT molecular complexity index is 150. The van der Waals surface area contributed by atoms with Crippen molar-refractivity contribution in [2.45, 2.75) is 0 Å². The lowest BCUT2D eigenvalue weighted by molar-refractivity contribution is 1.71. The summed E-state index contributed by atoms with van der Waals surface area (Å²) in [5.41, 5.74) is 0. The molecule has 0 fully saturated rings. The van der Waals surface area contributed by atoms with Crippen LogP contribution in [0.1, 0.15) is 0 Å². The van der Waals surface area contributed by atoms with E-state index >= 15 is 0 Å². The third kappa shape index (κ3) is 6.21. The van der Waals surface area contributed by atoms with Gasteiger partial charge in [-0.25, -0.2) is 0 Å². The molecule has 0 heterocycles. The average Bonchev–Trinajstić information content (AvgIpc) is 1.91. The van der Waals surface area contributed by atoms with Gasteiger partial charge in [0.05, 0.1) is 5.34 Å². The average molecular weight is 197 g/mol. The van der Waals surface area contributed by atoms with Gasteiger partial charge >= 0.3 is 0 Å². The number of hydrogen-bond acceptors (Lipinski definition) is 0. The summed E-state index contributed by atoms with van der Waals surface area (Å²) in [4.78, 5) is 0. The van der Waals surface area contributed by atoms with Crippen molar-refractivity contribution in [3.63, 3.8) is 0 Å². The molecule has 0 unspecified atom stereocenters. The fourth-order valence-corrected chi connectivity index (χ4v) is 0.560. The molecule has 0 aliphatic carbocycles. The topological polar surface area (TPSA) is 0 Å². The lowest BCUT2D eigenvalue weighted by Gasteiger charge is -1.80. The Balaban J connectivity index is 0.000000236. The zero-order valence-electron chi connectivity index (χ0n) is 5.23. The fourth-order valence-electron chi connectivity index (χ4n) is 0.415. The minimum Gasteiger partial charge on any atom is -0.109 e. The number of rotatable bonds is 0. The minimum absolute atomic E-state index is 0.194. The first kappa shape index (κ1) is 10.1. The molecule has 0 aliphatic heterocycles.